The van der Waals surface area contributed by atoms with Crippen LogP contribution in [-0.2, 0) is 12.8 Å². The number of carbonyl (C=O) groups excluding carboxylic acids is 2. The number of carbonyl (C=O) groups is 2. The molecule has 3 N–H and O–H groups in total. The van der Waals surface area contributed by atoms with Gasteiger partial charge in [-0.3, -0.25) is 9.59 Å². The van der Waals surface area contributed by atoms with Crippen LogP contribution in [0, 0.1) is 5.92 Å². The summed E-state index contributed by atoms with van der Waals surface area (Å²) in [5.41, 5.74) is 7.47. The molecule has 1 atom stereocenters. The highest BCUT2D eigenvalue weighted by Crippen LogP contribution is 2.39. The quantitative estimate of drug-likeness (QED) is 0.893. The smallest absolute Gasteiger partial charge is 0.260 e. The Hall–Kier alpha value is -2.34. The van der Waals surface area contributed by atoms with Crippen LogP contribution in [0.3, 0.4) is 0 Å². The first-order valence-electron chi connectivity index (χ1n) is 7.90. The Bertz CT molecular complexity index is 798. The van der Waals surface area contributed by atoms with Crippen LogP contribution in [0.5, 0.6) is 5.75 Å². The zero-order valence-corrected chi connectivity index (χ0v) is 14.5. The van der Waals surface area contributed by atoms with Crippen molar-refractivity contribution in [2.24, 2.45) is 11.7 Å². The van der Waals surface area contributed by atoms with E-state index in [-0.39, 0.29) is 5.91 Å². The summed E-state index contributed by atoms with van der Waals surface area (Å²) in [5.74, 6) is 0.277. The largest absolute Gasteiger partial charge is 0.496 e. The molecule has 3 rings (SSSR count). The SMILES string of the molecule is COc1ccccc1C(=O)Nc1sc2c(c1C(N)=O)CC[C@H](C)C2. The predicted molar refractivity (Wildman–Crippen MR) is 95.0 cm³/mol. The first kappa shape index (κ1) is 16.5. The number of hydrogen-bond donors (Lipinski definition) is 2. The van der Waals surface area contributed by atoms with Crippen molar-refractivity contribution in [2.75, 3.05) is 12.4 Å². The van der Waals surface area contributed by atoms with E-state index in [2.05, 4.69) is 12.2 Å². The van der Waals surface area contributed by atoms with Crippen molar-refractivity contribution in [1.82, 2.24) is 0 Å². The third-order valence-corrected chi connectivity index (χ3v) is 5.51. The van der Waals surface area contributed by atoms with Crippen LogP contribution in [0.15, 0.2) is 24.3 Å². The predicted octanol–water partition coefficient (Wildman–Crippen LogP) is 3.23. The Morgan fingerprint density at radius 2 is 2.08 bits per heavy atom. The van der Waals surface area contributed by atoms with Crippen LogP contribution >= 0.6 is 11.3 Å². The number of benzene rings is 1. The van der Waals surface area contributed by atoms with E-state index in [4.69, 9.17) is 10.5 Å². The van der Waals surface area contributed by atoms with Crippen LogP contribution in [0.4, 0.5) is 5.00 Å². The van der Waals surface area contributed by atoms with Crippen molar-refractivity contribution < 1.29 is 14.3 Å². The molecule has 5 nitrogen and oxygen atoms in total. The number of fused-ring (bicyclic) bond motifs is 1. The molecule has 0 saturated carbocycles. The monoisotopic (exact) mass is 344 g/mol. The summed E-state index contributed by atoms with van der Waals surface area (Å²) in [7, 11) is 1.52. The van der Waals surface area contributed by atoms with Crippen molar-refractivity contribution in [3.63, 3.8) is 0 Å². The van der Waals surface area contributed by atoms with E-state index in [0.717, 1.165) is 29.7 Å². The maximum absolute atomic E-state index is 12.6. The second-order valence-corrected chi connectivity index (χ2v) is 7.18. The minimum absolute atomic E-state index is 0.304. The average Bonchev–Trinajstić information content (AvgIpc) is 2.91. The molecule has 0 fully saturated rings. The van der Waals surface area contributed by atoms with Gasteiger partial charge < -0.3 is 15.8 Å². The second-order valence-electron chi connectivity index (χ2n) is 6.07. The van der Waals surface area contributed by atoms with Gasteiger partial charge in [-0.25, -0.2) is 0 Å². The van der Waals surface area contributed by atoms with E-state index in [1.165, 1.54) is 18.4 Å². The van der Waals surface area contributed by atoms with E-state index in [0.29, 0.717) is 27.8 Å². The maximum atomic E-state index is 12.6. The number of para-hydroxylation sites is 1. The lowest BCUT2D eigenvalue weighted by molar-refractivity contribution is 0.1000. The summed E-state index contributed by atoms with van der Waals surface area (Å²) in [4.78, 5) is 25.7. The van der Waals surface area contributed by atoms with E-state index in [1.54, 1.807) is 24.3 Å². The Balaban J connectivity index is 1.95. The molecule has 1 aliphatic carbocycles. The van der Waals surface area contributed by atoms with Gasteiger partial charge >= 0.3 is 0 Å². The number of ether oxygens (including phenoxy) is 1. The molecule has 1 aromatic carbocycles. The van der Waals surface area contributed by atoms with Gasteiger partial charge in [0.05, 0.1) is 18.2 Å². The molecule has 2 aromatic rings. The van der Waals surface area contributed by atoms with Gasteiger partial charge in [0.15, 0.2) is 0 Å². The number of hydrogen-bond acceptors (Lipinski definition) is 4. The lowest BCUT2D eigenvalue weighted by atomic mass is 9.88. The Morgan fingerprint density at radius 3 is 2.79 bits per heavy atom. The van der Waals surface area contributed by atoms with Crippen LogP contribution in [0.1, 0.15) is 44.5 Å². The summed E-state index contributed by atoms with van der Waals surface area (Å²) in [6.45, 7) is 2.19. The molecule has 0 radical (unpaired) electrons. The number of amides is 2. The van der Waals surface area contributed by atoms with Crippen LogP contribution in [0.2, 0.25) is 0 Å². The Kier molecular flexibility index (Phi) is 4.57. The molecular formula is C18H20N2O3S. The van der Waals surface area contributed by atoms with E-state index in [1.807, 2.05) is 0 Å². The average molecular weight is 344 g/mol. The lowest BCUT2D eigenvalue weighted by Crippen LogP contribution is -2.19. The highest BCUT2D eigenvalue weighted by molar-refractivity contribution is 7.17. The first-order chi connectivity index (χ1) is 11.5. The van der Waals surface area contributed by atoms with Crippen molar-refractivity contribution >= 4 is 28.2 Å². The molecule has 126 valence electrons. The highest BCUT2D eigenvalue weighted by atomic mass is 32.1. The summed E-state index contributed by atoms with van der Waals surface area (Å²) in [5, 5.41) is 3.39. The van der Waals surface area contributed by atoms with Crippen LogP contribution in [0.25, 0.3) is 0 Å². The van der Waals surface area contributed by atoms with Crippen molar-refractivity contribution in [1.29, 1.82) is 0 Å². The Morgan fingerprint density at radius 1 is 1.33 bits per heavy atom. The van der Waals surface area contributed by atoms with Gasteiger partial charge in [-0.15, -0.1) is 11.3 Å². The molecule has 0 unspecified atom stereocenters. The number of anilines is 1. The Labute approximate surface area is 144 Å². The maximum Gasteiger partial charge on any atom is 0.260 e. The zero-order valence-electron chi connectivity index (χ0n) is 13.7. The molecule has 0 bridgehead atoms. The molecule has 0 spiro atoms. The summed E-state index contributed by atoms with van der Waals surface area (Å²) >= 11 is 1.46. The zero-order chi connectivity index (χ0) is 17.3. The fourth-order valence-electron chi connectivity index (χ4n) is 3.10. The third-order valence-electron chi connectivity index (χ3n) is 4.34. The first-order valence-corrected chi connectivity index (χ1v) is 8.71. The molecular weight excluding hydrogens is 324 g/mol. The topological polar surface area (TPSA) is 81.4 Å². The van der Waals surface area contributed by atoms with Gasteiger partial charge in [0.1, 0.15) is 10.8 Å². The minimum atomic E-state index is -0.489. The molecule has 0 saturated heterocycles. The molecule has 0 aliphatic heterocycles. The molecule has 2 amide bonds. The minimum Gasteiger partial charge on any atom is -0.496 e. The van der Waals surface area contributed by atoms with Crippen molar-refractivity contribution in [3.8, 4) is 5.75 Å². The summed E-state index contributed by atoms with van der Waals surface area (Å²) in [6.07, 6.45) is 2.78. The fraction of sp³-hybridized carbons (Fsp3) is 0.333. The van der Waals surface area contributed by atoms with Crippen LogP contribution < -0.4 is 15.8 Å². The number of nitrogens with two attached hydrogens (primary N) is 1. The van der Waals surface area contributed by atoms with Gasteiger partial charge in [0.25, 0.3) is 11.8 Å². The number of methoxy groups -OCH3 is 1. The van der Waals surface area contributed by atoms with Gasteiger partial charge in [0.2, 0.25) is 0 Å². The number of nitrogens with one attached hydrogen (secondary N) is 1. The second kappa shape index (κ2) is 6.65. The van der Waals surface area contributed by atoms with Gasteiger partial charge in [-0.1, -0.05) is 19.1 Å². The molecule has 1 aliphatic rings. The van der Waals surface area contributed by atoms with E-state index < -0.39 is 5.91 Å². The normalized spacial score (nSPS) is 16.3. The van der Waals surface area contributed by atoms with E-state index in [9.17, 15) is 9.59 Å². The van der Waals surface area contributed by atoms with Gasteiger partial charge in [-0.05, 0) is 42.9 Å². The standard InChI is InChI=1S/C18H20N2O3S/c1-10-7-8-12-14(9-10)24-18(15(12)16(19)21)20-17(22)11-5-3-4-6-13(11)23-2/h3-6,10H,7-9H2,1-2H3,(H2,19,21)(H,20,22)/t10-/m0/s1. The molecule has 6 heteroatoms. The van der Waals surface area contributed by atoms with Crippen molar-refractivity contribution in [2.45, 2.75) is 26.2 Å². The van der Waals surface area contributed by atoms with Crippen molar-refractivity contribution in [3.05, 3.63) is 45.8 Å². The molecule has 1 aromatic heterocycles. The molecule has 1 heterocycles. The van der Waals surface area contributed by atoms with Gasteiger partial charge in [0, 0.05) is 4.88 Å². The third kappa shape index (κ3) is 3.01. The number of rotatable bonds is 4. The van der Waals surface area contributed by atoms with Crippen LogP contribution in [-0.4, -0.2) is 18.9 Å². The number of thiophene rings is 1. The molecule has 24 heavy (non-hydrogen) atoms. The highest BCUT2D eigenvalue weighted by Gasteiger charge is 2.27. The summed E-state index contributed by atoms with van der Waals surface area (Å²) in [6, 6.07) is 6.99. The number of primary amides is 1. The summed E-state index contributed by atoms with van der Waals surface area (Å²) < 4.78 is 5.23. The fourth-order valence-corrected chi connectivity index (χ4v) is 4.51. The van der Waals surface area contributed by atoms with E-state index >= 15 is 0 Å². The lowest BCUT2D eigenvalue weighted by Gasteiger charge is -2.18. The van der Waals surface area contributed by atoms with Gasteiger partial charge in [-0.2, -0.15) is 0 Å².